The molecule has 0 aliphatic heterocycles. The Bertz CT molecular complexity index is 866. The molecule has 2 aliphatic rings. The molecule has 0 amide bonds. The maximum Gasteiger partial charge on any atom is 0.120 e. The summed E-state index contributed by atoms with van der Waals surface area (Å²) in [5.74, 6) is 0.748. The lowest BCUT2D eigenvalue weighted by atomic mass is 9.87. The molecule has 1 aromatic carbocycles. The first-order valence-electron chi connectivity index (χ1n) is 15.5. The van der Waals surface area contributed by atoms with Crippen LogP contribution in [0.2, 0.25) is 0 Å². The fourth-order valence-corrected chi connectivity index (χ4v) is 7.36. The van der Waals surface area contributed by atoms with Gasteiger partial charge < -0.3 is 0 Å². The lowest BCUT2D eigenvalue weighted by Crippen LogP contribution is -2.00. The molecule has 1 fully saturated rings. The van der Waals surface area contributed by atoms with Crippen molar-refractivity contribution in [1.82, 2.24) is 4.98 Å². The van der Waals surface area contributed by atoms with Crippen molar-refractivity contribution in [2.45, 2.75) is 154 Å². The Hall–Kier alpha value is -1.15. The summed E-state index contributed by atoms with van der Waals surface area (Å²) in [6, 6.07) is 7.28. The second-order valence-electron chi connectivity index (χ2n) is 11.5. The van der Waals surface area contributed by atoms with Crippen molar-refractivity contribution in [2.24, 2.45) is 0 Å². The Morgan fingerprint density at radius 3 is 1.77 bits per heavy atom. The molecule has 0 N–H and O–H groups in total. The number of hydrogen-bond donors (Lipinski definition) is 0. The predicted octanol–water partition coefficient (Wildman–Crippen LogP) is 11.8. The third-order valence-electron chi connectivity index (χ3n) is 8.55. The summed E-state index contributed by atoms with van der Waals surface area (Å²) < 4.78 is 1.42. The van der Waals surface area contributed by atoms with Crippen LogP contribution in [0.4, 0.5) is 0 Å². The topological polar surface area (TPSA) is 12.9 Å². The third kappa shape index (κ3) is 9.34. The largest absolute Gasteiger partial charge is 0.236 e. The molecule has 0 atom stereocenters. The minimum absolute atomic E-state index is 0.748. The van der Waals surface area contributed by atoms with E-state index < -0.39 is 0 Å². The smallest absolute Gasteiger partial charge is 0.120 e. The van der Waals surface area contributed by atoms with Gasteiger partial charge in [0.2, 0.25) is 0 Å². The fraction of sp³-hybridized carbons (Fsp3) is 0.727. The Kier molecular flexibility index (Phi) is 12.2. The van der Waals surface area contributed by atoms with E-state index in [1.54, 1.807) is 5.56 Å². The van der Waals surface area contributed by atoms with E-state index in [4.69, 9.17) is 4.98 Å². The van der Waals surface area contributed by atoms with Crippen molar-refractivity contribution < 1.29 is 0 Å². The first kappa shape index (κ1) is 26.9. The molecule has 0 saturated heterocycles. The van der Waals surface area contributed by atoms with Crippen molar-refractivity contribution >= 4 is 27.1 Å². The summed E-state index contributed by atoms with van der Waals surface area (Å²) in [5, 5.41) is 1.31. The lowest BCUT2D eigenvalue weighted by Gasteiger charge is -2.18. The Balaban J connectivity index is 1.45. The van der Waals surface area contributed by atoms with Gasteiger partial charge in [-0.25, -0.2) is 4.98 Å². The second-order valence-corrected chi connectivity index (χ2v) is 12.5. The van der Waals surface area contributed by atoms with Gasteiger partial charge in [-0.05, 0) is 67.7 Å². The summed E-state index contributed by atoms with van der Waals surface area (Å²) >= 11 is 1.97. The first-order valence-corrected chi connectivity index (χ1v) is 16.3. The van der Waals surface area contributed by atoms with Crippen LogP contribution in [-0.4, -0.2) is 4.98 Å². The number of fused-ring (bicyclic) bond motifs is 1. The number of thiazole rings is 1. The van der Waals surface area contributed by atoms with Crippen molar-refractivity contribution in [1.29, 1.82) is 0 Å². The van der Waals surface area contributed by atoms with E-state index in [0.717, 1.165) is 5.92 Å². The van der Waals surface area contributed by atoms with E-state index in [9.17, 15) is 0 Å². The van der Waals surface area contributed by atoms with E-state index in [1.807, 2.05) is 11.3 Å². The molecule has 1 saturated carbocycles. The fourth-order valence-electron chi connectivity index (χ4n) is 6.28. The van der Waals surface area contributed by atoms with Crippen LogP contribution >= 0.6 is 11.3 Å². The number of allylic oxidation sites excluding steroid dienone is 2. The van der Waals surface area contributed by atoms with Gasteiger partial charge in [0, 0.05) is 0 Å². The monoisotopic (exact) mass is 493 g/mol. The van der Waals surface area contributed by atoms with E-state index >= 15 is 0 Å². The van der Waals surface area contributed by atoms with Crippen LogP contribution in [0.5, 0.6) is 0 Å². The van der Waals surface area contributed by atoms with Gasteiger partial charge in [0.15, 0.2) is 0 Å². The van der Waals surface area contributed by atoms with E-state index in [2.05, 4.69) is 24.3 Å². The summed E-state index contributed by atoms with van der Waals surface area (Å²) in [4.78, 5) is 5.16. The van der Waals surface area contributed by atoms with E-state index in [1.165, 1.54) is 168 Å². The Morgan fingerprint density at radius 2 is 1.14 bits per heavy atom. The summed E-state index contributed by atoms with van der Waals surface area (Å²) in [7, 11) is 0. The van der Waals surface area contributed by atoms with Crippen LogP contribution in [0.15, 0.2) is 24.3 Å². The van der Waals surface area contributed by atoms with Gasteiger partial charge >= 0.3 is 0 Å². The quantitative estimate of drug-likeness (QED) is 0.405. The molecule has 0 bridgehead atoms. The molecule has 194 valence electrons. The highest BCUT2D eigenvalue weighted by Crippen LogP contribution is 2.35. The zero-order valence-electron chi connectivity index (χ0n) is 22.5. The van der Waals surface area contributed by atoms with Crippen LogP contribution in [-0.2, 0) is 0 Å². The summed E-state index contributed by atoms with van der Waals surface area (Å²) in [5.41, 5.74) is 4.35. The molecule has 0 unspecified atom stereocenters. The zero-order chi connectivity index (χ0) is 24.0. The van der Waals surface area contributed by atoms with Gasteiger partial charge in [0.25, 0.3) is 0 Å². The van der Waals surface area contributed by atoms with Crippen LogP contribution < -0.4 is 0 Å². The number of hydrogen-bond acceptors (Lipinski definition) is 2. The number of nitrogens with zero attached hydrogens (tertiary/aromatic N) is 1. The number of benzene rings is 1. The van der Waals surface area contributed by atoms with Gasteiger partial charge in [-0.1, -0.05) is 121 Å². The molecule has 1 heterocycles. The normalized spacial score (nSPS) is 22.0. The van der Waals surface area contributed by atoms with Crippen LogP contribution in [0, 0.1) is 0 Å². The Labute approximate surface area is 220 Å². The average Bonchev–Trinajstić information content (AvgIpc) is 3.29. The summed E-state index contributed by atoms with van der Waals surface area (Å²) in [6.45, 7) is 0. The molecule has 0 radical (unpaired) electrons. The molecule has 1 nitrogen and oxygen atoms in total. The van der Waals surface area contributed by atoms with Gasteiger partial charge in [0.1, 0.15) is 5.01 Å². The van der Waals surface area contributed by atoms with Crippen molar-refractivity contribution in [3.63, 3.8) is 0 Å². The van der Waals surface area contributed by atoms with E-state index in [-0.39, 0.29) is 0 Å². The highest BCUT2D eigenvalue weighted by atomic mass is 32.1. The minimum atomic E-state index is 0.748. The maximum absolute atomic E-state index is 5.16. The van der Waals surface area contributed by atoms with Crippen LogP contribution in [0.25, 0.3) is 15.8 Å². The first-order chi connectivity index (χ1) is 17.4. The van der Waals surface area contributed by atoms with Gasteiger partial charge in [-0.15, -0.1) is 11.3 Å². The summed E-state index contributed by atoms with van der Waals surface area (Å²) in [6.07, 6.45) is 34.8. The molecule has 35 heavy (non-hydrogen) atoms. The molecule has 4 rings (SSSR count). The highest BCUT2D eigenvalue weighted by molar-refractivity contribution is 7.19. The number of rotatable bonds is 2. The zero-order valence-corrected chi connectivity index (χ0v) is 23.3. The minimum Gasteiger partial charge on any atom is -0.236 e. The molecule has 2 aliphatic carbocycles. The molecule has 1 aromatic heterocycles. The van der Waals surface area contributed by atoms with Crippen molar-refractivity contribution in [2.75, 3.05) is 0 Å². The van der Waals surface area contributed by atoms with E-state index in [0.29, 0.717) is 0 Å². The number of aromatic nitrogens is 1. The van der Waals surface area contributed by atoms with Gasteiger partial charge in [0.05, 0.1) is 10.2 Å². The third-order valence-corrected chi connectivity index (χ3v) is 9.65. The average molecular weight is 494 g/mol. The Morgan fingerprint density at radius 1 is 0.600 bits per heavy atom. The molecular formula is C33H51NS. The van der Waals surface area contributed by atoms with Gasteiger partial charge in [-0.3, -0.25) is 0 Å². The van der Waals surface area contributed by atoms with Crippen LogP contribution in [0.3, 0.4) is 0 Å². The molecule has 2 heteroatoms. The highest BCUT2D eigenvalue weighted by Gasteiger charge is 2.15. The van der Waals surface area contributed by atoms with Crippen molar-refractivity contribution in [3.8, 4) is 0 Å². The molecule has 2 aromatic rings. The predicted molar refractivity (Wildman–Crippen MR) is 157 cm³/mol. The molecule has 0 spiro atoms. The second kappa shape index (κ2) is 15.9. The van der Waals surface area contributed by atoms with Crippen molar-refractivity contribution in [3.05, 3.63) is 34.8 Å². The maximum atomic E-state index is 5.16. The van der Waals surface area contributed by atoms with Gasteiger partial charge in [-0.2, -0.15) is 0 Å². The molecular weight excluding hydrogens is 442 g/mol. The SMILES string of the molecule is C1=C(c2nc3ccc(C4CCCCCCCCCCC4)cc3s2)CCCCCCCCCCCC1. The lowest BCUT2D eigenvalue weighted by molar-refractivity contribution is 0.467. The van der Waals surface area contributed by atoms with Crippen LogP contribution in [0.1, 0.15) is 164 Å². The standard InChI is InChI=1S/C33H51NS/c1-2-5-11-15-19-23-29(24-20-16-12-6-3-1)33-34-31-26-25-30(27-32(31)35-33)28-21-17-13-9-7-4-8-10-14-18-22-28/h23,25-28H,1-22,24H2.